The van der Waals surface area contributed by atoms with E-state index in [1.54, 1.807) is 24.3 Å². The summed E-state index contributed by atoms with van der Waals surface area (Å²) in [5.74, 6) is -3.65. The first kappa shape index (κ1) is 27.0. The summed E-state index contributed by atoms with van der Waals surface area (Å²) in [7, 11) is -3.28. The van der Waals surface area contributed by atoms with Crippen LogP contribution in [0.3, 0.4) is 0 Å². The predicted octanol–water partition coefficient (Wildman–Crippen LogP) is 1.56. The van der Waals surface area contributed by atoms with Crippen LogP contribution in [0.1, 0.15) is 35.9 Å². The van der Waals surface area contributed by atoms with Crippen molar-refractivity contribution in [3.05, 3.63) is 59.4 Å². The molecule has 1 heterocycles. The number of hydrogen-bond donors (Lipinski definition) is 5. The van der Waals surface area contributed by atoms with E-state index in [0.29, 0.717) is 12.1 Å². The van der Waals surface area contributed by atoms with Crippen LogP contribution in [0, 0.1) is 6.92 Å². The second kappa shape index (κ2) is 13.4. The maximum absolute atomic E-state index is 11.2. The van der Waals surface area contributed by atoms with E-state index >= 15 is 0 Å². The molecular formula is C21H29N3O7S. The molecule has 176 valence electrons. The van der Waals surface area contributed by atoms with E-state index in [-0.39, 0.29) is 0 Å². The molecule has 1 aromatic carbocycles. The van der Waals surface area contributed by atoms with E-state index in [0.717, 1.165) is 49.1 Å². The van der Waals surface area contributed by atoms with Crippen molar-refractivity contribution in [3.63, 3.8) is 0 Å². The van der Waals surface area contributed by atoms with Crippen molar-refractivity contribution < 1.29 is 33.3 Å². The SMILES string of the molecule is Cc1cccc(CCNCCCC(O)c2ccc(NS(C)(=O)=O)cc2)n1.O=C(O)C(=O)O. The molecule has 0 bridgehead atoms. The van der Waals surface area contributed by atoms with Gasteiger partial charge in [0.15, 0.2) is 0 Å². The van der Waals surface area contributed by atoms with Gasteiger partial charge in [0.05, 0.1) is 12.4 Å². The van der Waals surface area contributed by atoms with Crippen LogP contribution in [0.15, 0.2) is 42.5 Å². The zero-order valence-electron chi connectivity index (χ0n) is 18.0. The van der Waals surface area contributed by atoms with Crippen molar-refractivity contribution in [2.24, 2.45) is 0 Å². The van der Waals surface area contributed by atoms with Crippen molar-refractivity contribution in [3.8, 4) is 0 Å². The van der Waals surface area contributed by atoms with E-state index in [4.69, 9.17) is 19.8 Å². The molecule has 0 aliphatic rings. The Labute approximate surface area is 187 Å². The third-order valence-corrected chi connectivity index (χ3v) is 4.72. The van der Waals surface area contributed by atoms with Crippen LogP contribution in [0.5, 0.6) is 0 Å². The molecule has 0 aliphatic heterocycles. The number of sulfonamides is 1. The number of carbonyl (C=O) groups is 2. The van der Waals surface area contributed by atoms with Gasteiger partial charge in [0.2, 0.25) is 10.0 Å². The second-order valence-electron chi connectivity index (χ2n) is 7.03. The highest BCUT2D eigenvalue weighted by Gasteiger charge is 2.08. The lowest BCUT2D eigenvalue weighted by molar-refractivity contribution is -0.159. The molecule has 0 saturated carbocycles. The van der Waals surface area contributed by atoms with Crippen molar-refractivity contribution >= 4 is 27.6 Å². The number of benzene rings is 1. The third-order valence-electron chi connectivity index (χ3n) is 4.12. The van der Waals surface area contributed by atoms with Gasteiger partial charge in [-0.2, -0.15) is 0 Å². The number of pyridine rings is 1. The number of anilines is 1. The Morgan fingerprint density at radius 1 is 1.03 bits per heavy atom. The zero-order chi connectivity index (χ0) is 24.1. The summed E-state index contributed by atoms with van der Waals surface area (Å²) in [6.07, 6.45) is 2.94. The minimum Gasteiger partial charge on any atom is -0.473 e. The van der Waals surface area contributed by atoms with Gasteiger partial charge in [-0.3, -0.25) is 9.71 Å². The molecule has 2 rings (SSSR count). The number of nitrogens with one attached hydrogen (secondary N) is 2. The number of aliphatic hydroxyl groups is 1. The van der Waals surface area contributed by atoms with Gasteiger partial charge in [0, 0.05) is 30.0 Å². The smallest absolute Gasteiger partial charge is 0.414 e. The predicted molar refractivity (Wildman–Crippen MR) is 120 cm³/mol. The zero-order valence-corrected chi connectivity index (χ0v) is 18.8. The van der Waals surface area contributed by atoms with Crippen molar-refractivity contribution in [1.82, 2.24) is 10.3 Å². The average Bonchev–Trinajstić information content (AvgIpc) is 2.70. The number of aromatic nitrogens is 1. The number of hydrogen-bond acceptors (Lipinski definition) is 7. The molecule has 5 N–H and O–H groups in total. The number of aryl methyl sites for hydroxylation is 1. The van der Waals surface area contributed by atoms with Gasteiger partial charge in [-0.1, -0.05) is 18.2 Å². The fraction of sp³-hybridized carbons (Fsp3) is 0.381. The Bertz CT molecular complexity index is 967. The molecule has 0 amide bonds. The highest BCUT2D eigenvalue weighted by atomic mass is 32.2. The quantitative estimate of drug-likeness (QED) is 0.257. The summed E-state index contributed by atoms with van der Waals surface area (Å²) in [5, 5.41) is 28.4. The summed E-state index contributed by atoms with van der Waals surface area (Å²) < 4.78 is 24.8. The third kappa shape index (κ3) is 12.0. The summed E-state index contributed by atoms with van der Waals surface area (Å²) in [6, 6.07) is 12.8. The molecule has 1 unspecified atom stereocenters. The van der Waals surface area contributed by atoms with E-state index in [2.05, 4.69) is 15.0 Å². The Balaban J connectivity index is 0.000000751. The highest BCUT2D eigenvalue weighted by molar-refractivity contribution is 7.92. The standard InChI is InChI=1S/C19H27N3O3S.C2H2O4/c1-15-5-3-6-17(21-15)12-14-20-13-4-7-19(23)16-8-10-18(11-9-16)22-26(2,24)25;3-1(4)2(5)6/h3,5-6,8-11,19-20,22-23H,4,7,12-14H2,1-2H3;(H,3,4)(H,5,6). The number of aliphatic carboxylic acids is 2. The molecule has 11 heteroatoms. The van der Waals surface area contributed by atoms with Gasteiger partial charge in [-0.25, -0.2) is 18.0 Å². The molecule has 1 atom stereocenters. The molecule has 2 aromatic rings. The molecule has 0 fully saturated rings. The summed E-state index contributed by atoms with van der Waals surface area (Å²) in [6.45, 7) is 3.68. The Morgan fingerprint density at radius 3 is 2.19 bits per heavy atom. The van der Waals surface area contributed by atoms with Crippen LogP contribution >= 0.6 is 0 Å². The average molecular weight is 468 g/mol. The van der Waals surface area contributed by atoms with E-state index in [1.165, 1.54) is 0 Å². The number of carboxylic acids is 2. The van der Waals surface area contributed by atoms with Crippen LogP contribution in [-0.2, 0) is 26.0 Å². The van der Waals surface area contributed by atoms with Gasteiger partial charge < -0.3 is 20.6 Å². The van der Waals surface area contributed by atoms with Crippen molar-refractivity contribution in [2.75, 3.05) is 24.1 Å². The van der Waals surface area contributed by atoms with E-state index in [1.807, 2.05) is 25.1 Å². The number of aliphatic hydroxyl groups excluding tert-OH is 1. The van der Waals surface area contributed by atoms with Gasteiger partial charge in [-0.05, 0) is 56.1 Å². The topological polar surface area (TPSA) is 166 Å². The molecule has 0 saturated heterocycles. The lowest BCUT2D eigenvalue weighted by Crippen LogP contribution is -2.19. The van der Waals surface area contributed by atoms with Crippen LogP contribution in [-0.4, -0.2) is 60.0 Å². The molecule has 0 aliphatic carbocycles. The minimum atomic E-state index is -3.28. The normalized spacial score (nSPS) is 11.7. The first-order chi connectivity index (χ1) is 15.0. The van der Waals surface area contributed by atoms with Gasteiger partial charge in [0.25, 0.3) is 0 Å². The summed E-state index contributed by atoms with van der Waals surface area (Å²) >= 11 is 0. The van der Waals surface area contributed by atoms with E-state index in [9.17, 15) is 13.5 Å². The highest BCUT2D eigenvalue weighted by Crippen LogP contribution is 2.20. The van der Waals surface area contributed by atoms with Crippen LogP contribution in [0.2, 0.25) is 0 Å². The first-order valence-corrected chi connectivity index (χ1v) is 11.7. The lowest BCUT2D eigenvalue weighted by Gasteiger charge is -2.12. The van der Waals surface area contributed by atoms with Gasteiger partial charge >= 0.3 is 11.9 Å². The Morgan fingerprint density at radius 2 is 1.66 bits per heavy atom. The number of nitrogens with zero attached hydrogens (tertiary/aromatic N) is 1. The summed E-state index contributed by atoms with van der Waals surface area (Å²) in [5.41, 5.74) is 3.39. The van der Waals surface area contributed by atoms with Crippen LogP contribution < -0.4 is 10.0 Å². The lowest BCUT2D eigenvalue weighted by atomic mass is 10.0. The van der Waals surface area contributed by atoms with Crippen LogP contribution in [0.25, 0.3) is 0 Å². The fourth-order valence-corrected chi connectivity index (χ4v) is 3.22. The summed E-state index contributed by atoms with van der Waals surface area (Å²) in [4.78, 5) is 22.7. The largest absolute Gasteiger partial charge is 0.473 e. The van der Waals surface area contributed by atoms with E-state index < -0.39 is 28.1 Å². The molecule has 10 nitrogen and oxygen atoms in total. The van der Waals surface area contributed by atoms with Crippen LogP contribution in [0.4, 0.5) is 5.69 Å². The Hall–Kier alpha value is -3.02. The molecule has 1 aromatic heterocycles. The minimum absolute atomic E-state index is 0.495. The first-order valence-electron chi connectivity index (χ1n) is 9.83. The number of carboxylic acid groups (broad SMARTS) is 2. The molecule has 32 heavy (non-hydrogen) atoms. The maximum Gasteiger partial charge on any atom is 0.414 e. The van der Waals surface area contributed by atoms with Crippen molar-refractivity contribution in [1.29, 1.82) is 0 Å². The van der Waals surface area contributed by atoms with Gasteiger partial charge in [0.1, 0.15) is 0 Å². The van der Waals surface area contributed by atoms with Crippen molar-refractivity contribution in [2.45, 2.75) is 32.3 Å². The fourth-order valence-electron chi connectivity index (χ4n) is 2.65. The molecule has 0 spiro atoms. The molecular weight excluding hydrogens is 438 g/mol. The number of rotatable bonds is 10. The monoisotopic (exact) mass is 467 g/mol. The Kier molecular flexibility index (Phi) is 11.3. The molecule has 0 radical (unpaired) electrons. The second-order valence-corrected chi connectivity index (χ2v) is 8.78. The van der Waals surface area contributed by atoms with Gasteiger partial charge in [-0.15, -0.1) is 0 Å². The maximum atomic E-state index is 11.2.